The first-order valence-corrected chi connectivity index (χ1v) is 9.68. The third-order valence-electron chi connectivity index (χ3n) is 3.37. The lowest BCUT2D eigenvalue weighted by Crippen LogP contribution is -2.26. The van der Waals surface area contributed by atoms with Crippen molar-refractivity contribution in [3.05, 3.63) is 40.9 Å². The summed E-state index contributed by atoms with van der Waals surface area (Å²) >= 11 is 3.23. The quantitative estimate of drug-likeness (QED) is 0.766. The molecule has 1 aliphatic heterocycles. The van der Waals surface area contributed by atoms with Crippen LogP contribution in [-0.4, -0.2) is 27.5 Å². The number of amides is 1. The summed E-state index contributed by atoms with van der Waals surface area (Å²) in [7, 11) is -3.85. The van der Waals surface area contributed by atoms with E-state index in [-0.39, 0.29) is 17.4 Å². The van der Waals surface area contributed by atoms with Crippen LogP contribution in [0.3, 0.4) is 0 Å². The van der Waals surface area contributed by atoms with Crippen molar-refractivity contribution in [3.63, 3.8) is 0 Å². The number of sulfonamides is 1. The first-order valence-electron chi connectivity index (χ1n) is 7.41. The summed E-state index contributed by atoms with van der Waals surface area (Å²) in [5.74, 6) is 0.668. The van der Waals surface area contributed by atoms with E-state index in [0.717, 1.165) is 0 Å². The van der Waals surface area contributed by atoms with Crippen LogP contribution < -0.4 is 19.5 Å². The lowest BCUT2D eigenvalue weighted by atomic mass is 10.2. The maximum atomic E-state index is 12.7. The van der Waals surface area contributed by atoms with Gasteiger partial charge in [-0.3, -0.25) is 9.52 Å². The Labute approximate surface area is 153 Å². The van der Waals surface area contributed by atoms with Crippen molar-refractivity contribution in [3.8, 4) is 11.5 Å². The number of benzene rings is 2. The third-order valence-corrected chi connectivity index (χ3v) is 5.71. The van der Waals surface area contributed by atoms with Gasteiger partial charge in [-0.05, 0) is 53.2 Å². The first kappa shape index (κ1) is 17.6. The Kier molecular flexibility index (Phi) is 4.87. The van der Waals surface area contributed by atoms with E-state index in [1.165, 1.54) is 12.1 Å². The van der Waals surface area contributed by atoms with Gasteiger partial charge in [0.2, 0.25) is 0 Å². The maximum Gasteiger partial charge on any atom is 0.263 e. The van der Waals surface area contributed by atoms with Gasteiger partial charge in [0.05, 0.1) is 12.3 Å². The molecule has 1 aliphatic rings. The molecule has 0 bridgehead atoms. The van der Waals surface area contributed by atoms with Crippen molar-refractivity contribution >= 4 is 43.2 Å². The smallest absolute Gasteiger partial charge is 0.263 e. The molecule has 1 heterocycles. The van der Waals surface area contributed by atoms with Crippen LogP contribution in [0.2, 0.25) is 0 Å². The number of anilines is 2. The highest BCUT2D eigenvalue weighted by Gasteiger charge is 2.24. The number of nitrogens with one attached hydrogen (secondary N) is 2. The minimum Gasteiger partial charge on any atom is -0.494 e. The highest BCUT2D eigenvalue weighted by Crippen LogP contribution is 2.36. The Morgan fingerprint density at radius 1 is 1.28 bits per heavy atom. The average Bonchev–Trinajstić information content (AvgIpc) is 2.55. The van der Waals surface area contributed by atoms with Crippen LogP contribution in [0.25, 0.3) is 0 Å². The van der Waals surface area contributed by atoms with E-state index in [1.54, 1.807) is 24.3 Å². The second-order valence-electron chi connectivity index (χ2n) is 5.18. The fourth-order valence-electron chi connectivity index (χ4n) is 2.28. The molecule has 2 aromatic carbocycles. The molecule has 0 saturated heterocycles. The van der Waals surface area contributed by atoms with Crippen molar-refractivity contribution in [2.24, 2.45) is 0 Å². The molecule has 2 N–H and O–H groups in total. The van der Waals surface area contributed by atoms with Gasteiger partial charge in [-0.25, -0.2) is 8.42 Å². The number of hydrogen-bond donors (Lipinski definition) is 2. The number of ether oxygens (including phenoxy) is 2. The van der Waals surface area contributed by atoms with Gasteiger partial charge < -0.3 is 14.8 Å². The van der Waals surface area contributed by atoms with Crippen LogP contribution in [0.1, 0.15) is 6.92 Å². The molecule has 132 valence electrons. The zero-order chi connectivity index (χ0) is 18.0. The standard InChI is InChI=1S/C16H15BrN2O5S/c1-2-23-11-5-3-10(4-6-11)19-25(21,22)15-8-14-13(7-12(15)17)18-16(20)9-24-14/h3-8,19H,2,9H2,1H3,(H,18,20). The molecule has 2 aromatic rings. The van der Waals surface area contributed by atoms with Gasteiger partial charge in [-0.2, -0.15) is 0 Å². The Morgan fingerprint density at radius 3 is 2.68 bits per heavy atom. The molecule has 0 spiro atoms. The number of halogens is 1. The monoisotopic (exact) mass is 426 g/mol. The molecule has 7 nitrogen and oxygen atoms in total. The van der Waals surface area contributed by atoms with Crippen molar-refractivity contribution in [1.29, 1.82) is 0 Å². The summed E-state index contributed by atoms with van der Waals surface area (Å²) < 4.78 is 38.8. The predicted molar refractivity (Wildman–Crippen MR) is 96.7 cm³/mol. The van der Waals surface area contributed by atoms with Crippen LogP contribution in [0, 0.1) is 0 Å². The minimum absolute atomic E-state index is 0.0104. The van der Waals surface area contributed by atoms with Crippen LogP contribution in [0.4, 0.5) is 11.4 Å². The molecule has 0 atom stereocenters. The van der Waals surface area contributed by atoms with Gasteiger partial charge in [0, 0.05) is 16.2 Å². The average molecular weight is 427 g/mol. The normalized spacial score (nSPS) is 13.4. The largest absolute Gasteiger partial charge is 0.494 e. The third kappa shape index (κ3) is 3.88. The molecule has 0 unspecified atom stereocenters. The SMILES string of the molecule is CCOc1ccc(NS(=O)(=O)c2cc3c(cc2Br)NC(=O)CO3)cc1. The Bertz CT molecular complexity index is 913. The fraction of sp³-hybridized carbons (Fsp3) is 0.188. The molecule has 25 heavy (non-hydrogen) atoms. The van der Waals surface area contributed by atoms with Crippen LogP contribution in [-0.2, 0) is 14.8 Å². The second kappa shape index (κ2) is 6.93. The molecule has 0 saturated carbocycles. The Morgan fingerprint density at radius 2 is 2.00 bits per heavy atom. The number of fused-ring (bicyclic) bond motifs is 1. The number of carbonyl (C=O) groups excluding carboxylic acids is 1. The molecular formula is C16H15BrN2O5S. The van der Waals surface area contributed by atoms with E-state index in [1.807, 2.05) is 6.92 Å². The Hall–Kier alpha value is -2.26. The zero-order valence-electron chi connectivity index (χ0n) is 13.2. The first-order chi connectivity index (χ1) is 11.9. The lowest BCUT2D eigenvalue weighted by Gasteiger charge is -2.20. The topological polar surface area (TPSA) is 93.7 Å². The van der Waals surface area contributed by atoms with Gasteiger partial charge in [0.1, 0.15) is 16.4 Å². The Balaban J connectivity index is 1.88. The van der Waals surface area contributed by atoms with Crippen molar-refractivity contribution in [2.75, 3.05) is 23.3 Å². The molecule has 3 rings (SSSR count). The highest BCUT2D eigenvalue weighted by molar-refractivity contribution is 9.10. The van der Waals surface area contributed by atoms with E-state index >= 15 is 0 Å². The van der Waals surface area contributed by atoms with Gasteiger partial charge in [-0.1, -0.05) is 0 Å². The van der Waals surface area contributed by atoms with Crippen LogP contribution in [0.5, 0.6) is 11.5 Å². The molecule has 1 amide bonds. The fourth-order valence-corrected chi connectivity index (χ4v) is 4.40. The van der Waals surface area contributed by atoms with Crippen molar-refractivity contribution in [2.45, 2.75) is 11.8 Å². The summed E-state index contributed by atoms with van der Waals surface area (Å²) in [6, 6.07) is 9.47. The van der Waals surface area contributed by atoms with Gasteiger partial charge >= 0.3 is 0 Å². The molecule has 0 aromatic heterocycles. The van der Waals surface area contributed by atoms with Crippen LogP contribution in [0.15, 0.2) is 45.8 Å². The van der Waals surface area contributed by atoms with Gasteiger partial charge in [0.25, 0.3) is 15.9 Å². The minimum atomic E-state index is -3.85. The van der Waals surface area contributed by atoms with Crippen molar-refractivity contribution in [1.82, 2.24) is 0 Å². The maximum absolute atomic E-state index is 12.7. The van der Waals surface area contributed by atoms with Gasteiger partial charge in [-0.15, -0.1) is 0 Å². The number of hydrogen-bond acceptors (Lipinski definition) is 5. The molecule has 0 fully saturated rings. The summed E-state index contributed by atoms with van der Waals surface area (Å²) in [4.78, 5) is 11.4. The summed E-state index contributed by atoms with van der Waals surface area (Å²) in [5, 5.41) is 2.62. The van der Waals surface area contributed by atoms with Crippen molar-refractivity contribution < 1.29 is 22.7 Å². The predicted octanol–water partition coefficient (Wildman–Crippen LogP) is 2.98. The summed E-state index contributed by atoms with van der Waals surface area (Å²) in [5.41, 5.74) is 0.824. The number of carbonyl (C=O) groups is 1. The lowest BCUT2D eigenvalue weighted by molar-refractivity contribution is -0.118. The molecule has 0 radical (unpaired) electrons. The molecule has 9 heteroatoms. The number of rotatable bonds is 5. The van der Waals surface area contributed by atoms with E-state index in [4.69, 9.17) is 9.47 Å². The van der Waals surface area contributed by atoms with E-state index < -0.39 is 10.0 Å². The molecule has 0 aliphatic carbocycles. The van der Waals surface area contributed by atoms with Gasteiger partial charge in [0.15, 0.2) is 6.61 Å². The highest BCUT2D eigenvalue weighted by atomic mass is 79.9. The second-order valence-corrected chi connectivity index (χ2v) is 7.68. The summed E-state index contributed by atoms with van der Waals surface area (Å²) in [6.07, 6.45) is 0. The molecular weight excluding hydrogens is 412 g/mol. The van der Waals surface area contributed by atoms with E-state index in [9.17, 15) is 13.2 Å². The van der Waals surface area contributed by atoms with Crippen LogP contribution >= 0.6 is 15.9 Å². The summed E-state index contributed by atoms with van der Waals surface area (Å²) in [6.45, 7) is 2.25. The van der Waals surface area contributed by atoms with E-state index in [0.29, 0.717) is 34.0 Å². The zero-order valence-corrected chi connectivity index (χ0v) is 15.6. The van der Waals surface area contributed by atoms with E-state index in [2.05, 4.69) is 26.0 Å².